The van der Waals surface area contributed by atoms with Crippen LogP contribution in [0.5, 0.6) is 0 Å². The van der Waals surface area contributed by atoms with Gasteiger partial charge in [-0.1, -0.05) is 6.92 Å². The highest BCUT2D eigenvalue weighted by molar-refractivity contribution is 5.17. The van der Waals surface area contributed by atoms with Crippen molar-refractivity contribution in [1.29, 1.82) is 0 Å². The fourth-order valence-corrected chi connectivity index (χ4v) is 2.49. The van der Waals surface area contributed by atoms with E-state index < -0.39 is 0 Å². The first-order valence-corrected chi connectivity index (χ1v) is 7.65. The summed E-state index contributed by atoms with van der Waals surface area (Å²) in [5.41, 5.74) is 7.54. The van der Waals surface area contributed by atoms with E-state index in [4.69, 9.17) is 10.5 Å². The zero-order valence-corrected chi connectivity index (χ0v) is 12.7. The molecule has 1 fully saturated rings. The lowest BCUT2D eigenvalue weighted by Gasteiger charge is -2.32. The van der Waals surface area contributed by atoms with Gasteiger partial charge in [0.05, 0.1) is 6.61 Å². The third-order valence-electron chi connectivity index (χ3n) is 4.04. The highest BCUT2D eigenvalue weighted by Gasteiger charge is 2.24. The molecule has 1 aliphatic carbocycles. The van der Waals surface area contributed by atoms with Crippen LogP contribution in [0, 0.1) is 5.92 Å². The standard InChI is InChI=1S/C16H27N3O/c1-3-15(17)16(14-6-8-18-9-7-14)19(2)10-11-20-12-13-4-5-13/h6-9,13,15-16H,3-5,10-12,17H2,1-2H3. The Morgan fingerprint density at radius 2 is 2.10 bits per heavy atom. The van der Waals surface area contributed by atoms with E-state index in [1.54, 1.807) is 0 Å². The van der Waals surface area contributed by atoms with Gasteiger partial charge in [0.1, 0.15) is 0 Å². The van der Waals surface area contributed by atoms with E-state index in [0.29, 0.717) is 0 Å². The summed E-state index contributed by atoms with van der Waals surface area (Å²) >= 11 is 0. The summed E-state index contributed by atoms with van der Waals surface area (Å²) in [6, 6.07) is 4.47. The van der Waals surface area contributed by atoms with Crippen LogP contribution in [-0.4, -0.2) is 42.7 Å². The molecule has 1 aromatic rings. The van der Waals surface area contributed by atoms with E-state index in [1.165, 1.54) is 18.4 Å². The Bertz CT molecular complexity index is 381. The van der Waals surface area contributed by atoms with Crippen molar-refractivity contribution in [1.82, 2.24) is 9.88 Å². The van der Waals surface area contributed by atoms with E-state index in [-0.39, 0.29) is 12.1 Å². The largest absolute Gasteiger partial charge is 0.380 e. The molecule has 2 rings (SSSR count). The quantitative estimate of drug-likeness (QED) is 0.703. The first-order chi connectivity index (χ1) is 9.72. The predicted octanol–water partition coefficient (Wildman–Crippen LogP) is 2.22. The number of likely N-dealkylation sites (N-methyl/N-ethyl adjacent to an activating group) is 1. The molecule has 4 heteroatoms. The number of nitrogens with two attached hydrogens (primary N) is 1. The van der Waals surface area contributed by atoms with Crippen LogP contribution in [0.2, 0.25) is 0 Å². The van der Waals surface area contributed by atoms with E-state index in [1.807, 2.05) is 12.4 Å². The summed E-state index contributed by atoms with van der Waals surface area (Å²) in [6.07, 6.45) is 7.32. The van der Waals surface area contributed by atoms with Crippen molar-refractivity contribution in [3.8, 4) is 0 Å². The second-order valence-corrected chi connectivity index (χ2v) is 5.80. The maximum Gasteiger partial charge on any atom is 0.0593 e. The Kier molecular flexibility index (Phi) is 5.95. The van der Waals surface area contributed by atoms with E-state index in [9.17, 15) is 0 Å². The van der Waals surface area contributed by atoms with Crippen molar-refractivity contribution in [2.45, 2.75) is 38.3 Å². The topological polar surface area (TPSA) is 51.4 Å². The molecule has 0 radical (unpaired) electrons. The molecule has 2 unspecified atom stereocenters. The zero-order chi connectivity index (χ0) is 14.4. The molecule has 112 valence electrons. The molecule has 20 heavy (non-hydrogen) atoms. The maximum absolute atomic E-state index is 6.31. The molecule has 1 heterocycles. The number of pyridine rings is 1. The first-order valence-electron chi connectivity index (χ1n) is 7.65. The smallest absolute Gasteiger partial charge is 0.0593 e. The monoisotopic (exact) mass is 277 g/mol. The summed E-state index contributed by atoms with van der Waals surface area (Å²) in [5, 5.41) is 0. The number of hydrogen-bond donors (Lipinski definition) is 1. The molecule has 0 bridgehead atoms. The molecule has 0 aliphatic heterocycles. The molecule has 2 N–H and O–H groups in total. The SMILES string of the molecule is CCC(N)C(c1ccncc1)N(C)CCOCC1CC1. The van der Waals surface area contributed by atoms with Crippen molar-refractivity contribution in [2.24, 2.45) is 11.7 Å². The van der Waals surface area contributed by atoms with Crippen LogP contribution in [0.3, 0.4) is 0 Å². The van der Waals surface area contributed by atoms with Crippen molar-refractivity contribution in [3.63, 3.8) is 0 Å². The lowest BCUT2D eigenvalue weighted by Crippen LogP contribution is -2.40. The summed E-state index contributed by atoms with van der Waals surface area (Å²) < 4.78 is 5.73. The summed E-state index contributed by atoms with van der Waals surface area (Å²) in [6.45, 7) is 4.75. The maximum atomic E-state index is 6.31. The number of ether oxygens (including phenoxy) is 1. The van der Waals surface area contributed by atoms with Crippen LogP contribution in [-0.2, 0) is 4.74 Å². The number of aromatic nitrogens is 1. The Hall–Kier alpha value is -0.970. The van der Waals surface area contributed by atoms with Gasteiger partial charge < -0.3 is 10.5 Å². The molecule has 0 aromatic carbocycles. The minimum absolute atomic E-state index is 0.130. The van der Waals surface area contributed by atoms with Crippen LogP contribution < -0.4 is 5.73 Å². The zero-order valence-electron chi connectivity index (χ0n) is 12.7. The van der Waals surface area contributed by atoms with Crippen LogP contribution >= 0.6 is 0 Å². The number of rotatable bonds is 9. The van der Waals surface area contributed by atoms with Gasteiger partial charge in [0.25, 0.3) is 0 Å². The van der Waals surface area contributed by atoms with Gasteiger partial charge in [-0.2, -0.15) is 0 Å². The van der Waals surface area contributed by atoms with Crippen LogP contribution in [0.4, 0.5) is 0 Å². The van der Waals surface area contributed by atoms with Gasteiger partial charge in [-0.15, -0.1) is 0 Å². The van der Waals surface area contributed by atoms with E-state index >= 15 is 0 Å². The van der Waals surface area contributed by atoms with Crippen molar-refractivity contribution < 1.29 is 4.74 Å². The van der Waals surface area contributed by atoms with Gasteiger partial charge in [0.2, 0.25) is 0 Å². The van der Waals surface area contributed by atoms with Crippen LogP contribution in [0.1, 0.15) is 37.8 Å². The third-order valence-corrected chi connectivity index (χ3v) is 4.04. The average molecular weight is 277 g/mol. The van der Waals surface area contributed by atoms with Gasteiger partial charge in [-0.05, 0) is 49.9 Å². The highest BCUT2D eigenvalue weighted by Crippen LogP contribution is 2.29. The summed E-state index contributed by atoms with van der Waals surface area (Å²) in [5.74, 6) is 0.828. The second kappa shape index (κ2) is 7.72. The van der Waals surface area contributed by atoms with Gasteiger partial charge in [0, 0.05) is 37.6 Å². The normalized spacial score (nSPS) is 18.2. The Balaban J connectivity index is 1.87. The molecule has 1 saturated carbocycles. The van der Waals surface area contributed by atoms with Crippen LogP contribution in [0.25, 0.3) is 0 Å². The van der Waals surface area contributed by atoms with Gasteiger partial charge in [0.15, 0.2) is 0 Å². The van der Waals surface area contributed by atoms with Crippen molar-refractivity contribution >= 4 is 0 Å². The first kappa shape index (κ1) is 15.4. The second-order valence-electron chi connectivity index (χ2n) is 5.80. The molecular formula is C16H27N3O. The molecule has 1 aliphatic rings. The summed E-state index contributed by atoms with van der Waals surface area (Å²) in [4.78, 5) is 6.39. The van der Waals surface area contributed by atoms with Gasteiger partial charge >= 0.3 is 0 Å². The molecular weight excluding hydrogens is 250 g/mol. The lowest BCUT2D eigenvalue weighted by molar-refractivity contribution is 0.0861. The third kappa shape index (κ3) is 4.54. The van der Waals surface area contributed by atoms with Crippen LogP contribution in [0.15, 0.2) is 24.5 Å². The number of hydrogen-bond acceptors (Lipinski definition) is 4. The fraction of sp³-hybridized carbons (Fsp3) is 0.688. The molecule has 0 spiro atoms. The number of nitrogens with zero attached hydrogens (tertiary/aromatic N) is 2. The molecule has 1 aromatic heterocycles. The van der Waals surface area contributed by atoms with Gasteiger partial charge in [-0.3, -0.25) is 9.88 Å². The fourth-order valence-electron chi connectivity index (χ4n) is 2.49. The molecule has 0 saturated heterocycles. The summed E-state index contributed by atoms with van der Waals surface area (Å²) in [7, 11) is 2.13. The van der Waals surface area contributed by atoms with E-state index in [0.717, 1.165) is 32.1 Å². The van der Waals surface area contributed by atoms with Crippen molar-refractivity contribution in [3.05, 3.63) is 30.1 Å². The Morgan fingerprint density at radius 1 is 1.40 bits per heavy atom. The highest BCUT2D eigenvalue weighted by atomic mass is 16.5. The molecule has 2 atom stereocenters. The van der Waals surface area contributed by atoms with Gasteiger partial charge in [-0.25, -0.2) is 0 Å². The molecule has 4 nitrogen and oxygen atoms in total. The lowest BCUT2D eigenvalue weighted by atomic mass is 9.97. The molecule has 0 amide bonds. The minimum atomic E-state index is 0.130. The van der Waals surface area contributed by atoms with E-state index in [2.05, 4.69) is 36.0 Å². The Morgan fingerprint density at radius 3 is 2.70 bits per heavy atom. The Labute approximate surface area is 122 Å². The predicted molar refractivity (Wildman–Crippen MR) is 81.4 cm³/mol. The minimum Gasteiger partial charge on any atom is -0.380 e. The average Bonchev–Trinajstić information content (AvgIpc) is 3.29. The van der Waals surface area contributed by atoms with Crippen molar-refractivity contribution in [2.75, 3.05) is 26.8 Å².